The van der Waals surface area contributed by atoms with Crippen LogP contribution in [-0.2, 0) is 16.1 Å². The van der Waals surface area contributed by atoms with Gasteiger partial charge >= 0.3 is 5.97 Å². The molecule has 1 unspecified atom stereocenters. The summed E-state index contributed by atoms with van der Waals surface area (Å²) in [6, 6.07) is 3.17. The molecule has 21 heavy (non-hydrogen) atoms. The lowest BCUT2D eigenvalue weighted by Crippen LogP contribution is -2.49. The minimum absolute atomic E-state index is 0.220. The van der Waals surface area contributed by atoms with E-state index in [2.05, 4.69) is 15.9 Å². The van der Waals surface area contributed by atoms with Crippen molar-refractivity contribution in [3.8, 4) is 11.5 Å². The Kier molecular flexibility index (Phi) is 4.32. The van der Waals surface area contributed by atoms with Crippen molar-refractivity contribution >= 4 is 21.9 Å². The van der Waals surface area contributed by atoms with Crippen molar-refractivity contribution in [2.24, 2.45) is 0 Å². The molecular formula is C14H16BrNO5. The topological polar surface area (TPSA) is 68.2 Å². The summed E-state index contributed by atoms with van der Waals surface area (Å²) in [5, 5.41) is 9.27. The number of nitrogens with zero attached hydrogens (tertiary/aromatic N) is 1. The van der Waals surface area contributed by atoms with Crippen LogP contribution in [0.1, 0.15) is 5.56 Å². The van der Waals surface area contributed by atoms with Gasteiger partial charge in [0.25, 0.3) is 0 Å². The molecule has 1 atom stereocenters. The first kappa shape index (κ1) is 14.6. The lowest BCUT2D eigenvalue weighted by atomic mass is 10.1. The minimum Gasteiger partial charge on any atom is -0.486 e. The number of morpholine rings is 1. The van der Waals surface area contributed by atoms with Crippen LogP contribution in [0.3, 0.4) is 0 Å². The Hall–Kier alpha value is -1.31. The van der Waals surface area contributed by atoms with Crippen molar-refractivity contribution in [2.45, 2.75) is 12.6 Å². The standard InChI is InChI=1S/C14H16BrNO5/c15-10-6-13-12(20-3-4-21-13)5-9(10)7-16-1-2-19-8-11(16)14(17)18/h5-6,11H,1-4,7-8H2,(H,17,18). The fourth-order valence-electron chi connectivity index (χ4n) is 2.50. The van der Waals surface area contributed by atoms with Gasteiger partial charge in [-0.3, -0.25) is 9.69 Å². The minimum atomic E-state index is -0.858. The molecule has 0 radical (unpaired) electrons. The molecule has 1 saturated heterocycles. The Labute approximate surface area is 130 Å². The molecule has 3 rings (SSSR count). The Morgan fingerprint density at radius 3 is 2.71 bits per heavy atom. The highest BCUT2D eigenvalue weighted by atomic mass is 79.9. The summed E-state index contributed by atoms with van der Waals surface area (Å²) < 4.78 is 17.2. The second kappa shape index (κ2) is 6.21. The molecule has 6 nitrogen and oxygen atoms in total. The molecular weight excluding hydrogens is 342 g/mol. The van der Waals surface area contributed by atoms with Crippen LogP contribution in [0.5, 0.6) is 11.5 Å². The molecule has 0 saturated carbocycles. The van der Waals surface area contributed by atoms with E-state index in [-0.39, 0.29) is 6.61 Å². The third-order valence-electron chi connectivity index (χ3n) is 3.61. The summed E-state index contributed by atoms with van der Waals surface area (Å²) in [4.78, 5) is 13.2. The molecule has 2 aliphatic rings. The number of fused-ring (bicyclic) bond motifs is 1. The number of carboxylic acid groups (broad SMARTS) is 1. The Bertz CT molecular complexity index is 550. The highest BCUT2D eigenvalue weighted by Gasteiger charge is 2.30. The predicted octanol–water partition coefficient (Wildman–Crippen LogP) is 1.51. The third-order valence-corrected chi connectivity index (χ3v) is 4.35. The lowest BCUT2D eigenvalue weighted by Gasteiger charge is -2.33. The maximum Gasteiger partial charge on any atom is 0.323 e. The van der Waals surface area contributed by atoms with Gasteiger partial charge in [-0.1, -0.05) is 15.9 Å². The quantitative estimate of drug-likeness (QED) is 0.884. The van der Waals surface area contributed by atoms with Crippen molar-refractivity contribution in [1.82, 2.24) is 4.90 Å². The summed E-state index contributed by atoms with van der Waals surface area (Å²) >= 11 is 3.52. The molecule has 1 aromatic carbocycles. The van der Waals surface area contributed by atoms with E-state index >= 15 is 0 Å². The highest BCUT2D eigenvalue weighted by molar-refractivity contribution is 9.10. The molecule has 114 valence electrons. The molecule has 0 aliphatic carbocycles. The molecule has 7 heteroatoms. The number of ether oxygens (including phenoxy) is 3. The van der Waals surface area contributed by atoms with E-state index in [1.165, 1.54) is 0 Å². The van der Waals surface area contributed by atoms with E-state index in [1.54, 1.807) is 0 Å². The van der Waals surface area contributed by atoms with Gasteiger partial charge in [0.05, 0.1) is 13.2 Å². The van der Waals surface area contributed by atoms with E-state index in [0.717, 1.165) is 10.0 Å². The van der Waals surface area contributed by atoms with Crippen LogP contribution in [-0.4, -0.2) is 55.0 Å². The van der Waals surface area contributed by atoms with Gasteiger partial charge in [-0.25, -0.2) is 0 Å². The summed E-state index contributed by atoms with van der Waals surface area (Å²) in [6.07, 6.45) is 0. The first-order chi connectivity index (χ1) is 10.1. The Morgan fingerprint density at radius 2 is 2.00 bits per heavy atom. The zero-order valence-corrected chi connectivity index (χ0v) is 13.0. The van der Waals surface area contributed by atoms with Gasteiger partial charge in [-0.2, -0.15) is 0 Å². The van der Waals surface area contributed by atoms with Gasteiger partial charge in [0, 0.05) is 17.6 Å². The number of carboxylic acids is 1. The second-order valence-electron chi connectivity index (χ2n) is 4.99. The predicted molar refractivity (Wildman–Crippen MR) is 77.8 cm³/mol. The summed E-state index contributed by atoms with van der Waals surface area (Å²) in [5.74, 6) is 0.566. The first-order valence-corrected chi connectivity index (χ1v) is 7.57. The van der Waals surface area contributed by atoms with Gasteiger partial charge in [0.1, 0.15) is 19.3 Å². The molecule has 1 aromatic rings. The summed E-state index contributed by atoms with van der Waals surface area (Å²) in [7, 11) is 0. The van der Waals surface area contributed by atoms with Crippen LogP contribution >= 0.6 is 15.9 Å². The number of aliphatic carboxylic acids is 1. The van der Waals surface area contributed by atoms with Crippen LogP contribution < -0.4 is 9.47 Å². The van der Waals surface area contributed by atoms with E-state index in [1.807, 2.05) is 17.0 Å². The fourth-order valence-corrected chi connectivity index (χ4v) is 2.95. The molecule has 1 fully saturated rings. The smallest absolute Gasteiger partial charge is 0.323 e. The van der Waals surface area contributed by atoms with Gasteiger partial charge in [-0.05, 0) is 17.7 Å². The molecule has 1 N–H and O–H groups in total. The van der Waals surface area contributed by atoms with Crippen LogP contribution in [0, 0.1) is 0 Å². The van der Waals surface area contributed by atoms with E-state index in [4.69, 9.17) is 14.2 Å². The molecule has 0 spiro atoms. The number of rotatable bonds is 3. The van der Waals surface area contributed by atoms with Crippen molar-refractivity contribution in [1.29, 1.82) is 0 Å². The average Bonchev–Trinajstić information content (AvgIpc) is 2.48. The number of carbonyl (C=O) groups is 1. The molecule has 0 aromatic heterocycles. The van der Waals surface area contributed by atoms with Gasteiger partial charge in [-0.15, -0.1) is 0 Å². The van der Waals surface area contributed by atoms with Crippen molar-refractivity contribution in [2.75, 3.05) is 33.0 Å². The van der Waals surface area contributed by atoms with Crippen molar-refractivity contribution in [3.63, 3.8) is 0 Å². The summed E-state index contributed by atoms with van der Waals surface area (Å²) in [5.41, 5.74) is 0.979. The van der Waals surface area contributed by atoms with E-state index in [0.29, 0.717) is 44.4 Å². The first-order valence-electron chi connectivity index (χ1n) is 6.78. The van der Waals surface area contributed by atoms with Gasteiger partial charge in [0.15, 0.2) is 11.5 Å². The summed E-state index contributed by atoms with van der Waals surface area (Å²) in [6.45, 7) is 2.96. The van der Waals surface area contributed by atoms with Crippen LogP contribution in [0.4, 0.5) is 0 Å². The highest BCUT2D eigenvalue weighted by Crippen LogP contribution is 2.36. The van der Waals surface area contributed by atoms with Crippen LogP contribution in [0.2, 0.25) is 0 Å². The maximum absolute atomic E-state index is 11.3. The second-order valence-corrected chi connectivity index (χ2v) is 5.84. The number of halogens is 1. The molecule has 2 heterocycles. The average molecular weight is 358 g/mol. The molecule has 2 aliphatic heterocycles. The van der Waals surface area contributed by atoms with Crippen molar-refractivity contribution < 1.29 is 24.1 Å². The largest absolute Gasteiger partial charge is 0.486 e. The van der Waals surface area contributed by atoms with E-state index < -0.39 is 12.0 Å². The monoisotopic (exact) mass is 357 g/mol. The molecule has 0 bridgehead atoms. The lowest BCUT2D eigenvalue weighted by molar-refractivity contribution is -0.150. The third kappa shape index (κ3) is 3.14. The van der Waals surface area contributed by atoms with Crippen molar-refractivity contribution in [3.05, 3.63) is 22.2 Å². The SMILES string of the molecule is O=C(O)C1COCCN1Cc1cc2c(cc1Br)OCCO2. The Balaban J connectivity index is 1.81. The zero-order chi connectivity index (χ0) is 14.8. The van der Waals surface area contributed by atoms with Gasteiger partial charge in [0.2, 0.25) is 0 Å². The normalized spacial score (nSPS) is 22.0. The maximum atomic E-state index is 11.3. The van der Waals surface area contributed by atoms with Crippen LogP contribution in [0.15, 0.2) is 16.6 Å². The number of benzene rings is 1. The fraction of sp³-hybridized carbons (Fsp3) is 0.500. The van der Waals surface area contributed by atoms with E-state index in [9.17, 15) is 9.90 Å². The number of hydrogen-bond donors (Lipinski definition) is 1. The van der Waals surface area contributed by atoms with Gasteiger partial charge < -0.3 is 19.3 Å². The van der Waals surface area contributed by atoms with Crippen LogP contribution in [0.25, 0.3) is 0 Å². The number of hydrogen-bond acceptors (Lipinski definition) is 5. The zero-order valence-electron chi connectivity index (χ0n) is 11.4. The Morgan fingerprint density at radius 1 is 1.29 bits per heavy atom. The molecule has 0 amide bonds.